The van der Waals surface area contributed by atoms with Crippen LogP contribution in [0.15, 0.2) is 59.8 Å². The number of hydrogen-bond acceptors (Lipinski definition) is 6. The van der Waals surface area contributed by atoms with E-state index in [1.54, 1.807) is 36.5 Å². The minimum atomic E-state index is -3.79. The molecule has 29 heavy (non-hydrogen) atoms. The molecule has 2 amide bonds. The summed E-state index contributed by atoms with van der Waals surface area (Å²) in [6.07, 6.45) is 3.00. The van der Waals surface area contributed by atoms with E-state index >= 15 is 0 Å². The zero-order chi connectivity index (χ0) is 20.9. The standard InChI is InChI=1S/C20H24N4O4S/c1-23-10-12-24(13-11-23)20(26)19(25)22-15-18(16-6-5-9-21-14-16)29(27,28)17-7-3-2-4-8-17/h2-9,14,18H,10-13,15H2,1H3,(H,22,25)/t18-/m1/s1. The summed E-state index contributed by atoms with van der Waals surface area (Å²) >= 11 is 0. The maximum absolute atomic E-state index is 13.2. The lowest BCUT2D eigenvalue weighted by molar-refractivity contribution is -0.146. The summed E-state index contributed by atoms with van der Waals surface area (Å²) in [7, 11) is -1.84. The van der Waals surface area contributed by atoms with Crippen molar-refractivity contribution in [2.75, 3.05) is 39.8 Å². The molecule has 1 saturated heterocycles. The number of hydrogen-bond donors (Lipinski definition) is 1. The molecule has 1 fully saturated rings. The number of amides is 2. The predicted octanol–water partition coefficient (Wildman–Crippen LogP) is 0.487. The highest BCUT2D eigenvalue weighted by Gasteiger charge is 2.31. The van der Waals surface area contributed by atoms with Gasteiger partial charge in [0.1, 0.15) is 5.25 Å². The van der Waals surface area contributed by atoms with Gasteiger partial charge in [0.15, 0.2) is 9.84 Å². The molecule has 0 radical (unpaired) electrons. The highest BCUT2D eigenvalue weighted by atomic mass is 32.2. The Morgan fingerprint density at radius 2 is 1.76 bits per heavy atom. The van der Waals surface area contributed by atoms with Gasteiger partial charge in [-0.2, -0.15) is 0 Å². The van der Waals surface area contributed by atoms with Gasteiger partial charge in [0.25, 0.3) is 0 Å². The second-order valence-corrected chi connectivity index (χ2v) is 9.07. The number of rotatable bonds is 5. The first-order valence-electron chi connectivity index (χ1n) is 9.34. The molecular weight excluding hydrogens is 392 g/mol. The lowest BCUT2D eigenvalue weighted by Gasteiger charge is -2.32. The van der Waals surface area contributed by atoms with Crippen molar-refractivity contribution in [2.45, 2.75) is 10.1 Å². The molecule has 1 aromatic heterocycles. The van der Waals surface area contributed by atoms with Gasteiger partial charge in [0.05, 0.1) is 4.90 Å². The van der Waals surface area contributed by atoms with E-state index in [0.717, 1.165) is 0 Å². The lowest BCUT2D eigenvalue weighted by atomic mass is 10.2. The first kappa shape index (κ1) is 20.9. The van der Waals surface area contributed by atoms with Crippen LogP contribution in [0.2, 0.25) is 0 Å². The molecule has 8 nitrogen and oxygen atoms in total. The van der Waals surface area contributed by atoms with Gasteiger partial charge in [-0.25, -0.2) is 8.42 Å². The fourth-order valence-electron chi connectivity index (χ4n) is 3.16. The summed E-state index contributed by atoms with van der Waals surface area (Å²) in [5, 5.41) is 1.46. The third kappa shape index (κ3) is 4.99. The molecule has 3 rings (SSSR count). The van der Waals surface area contributed by atoms with Crippen molar-refractivity contribution in [3.05, 3.63) is 60.4 Å². The number of sulfone groups is 1. The third-order valence-corrected chi connectivity index (χ3v) is 7.05. The maximum atomic E-state index is 13.2. The Balaban J connectivity index is 1.76. The molecule has 1 atom stereocenters. The summed E-state index contributed by atoms with van der Waals surface area (Å²) in [6.45, 7) is 2.11. The van der Waals surface area contributed by atoms with Crippen LogP contribution in [0.3, 0.4) is 0 Å². The molecular formula is C20H24N4O4S. The Morgan fingerprint density at radius 1 is 1.07 bits per heavy atom. The monoisotopic (exact) mass is 416 g/mol. The number of nitrogens with zero attached hydrogens (tertiary/aromatic N) is 3. The number of aromatic nitrogens is 1. The van der Waals surface area contributed by atoms with Crippen LogP contribution in [0.25, 0.3) is 0 Å². The first-order valence-corrected chi connectivity index (χ1v) is 10.9. The molecule has 9 heteroatoms. The van der Waals surface area contributed by atoms with Crippen LogP contribution in [0.5, 0.6) is 0 Å². The predicted molar refractivity (Wildman–Crippen MR) is 108 cm³/mol. The highest BCUT2D eigenvalue weighted by molar-refractivity contribution is 7.91. The van der Waals surface area contributed by atoms with Crippen LogP contribution in [-0.2, 0) is 19.4 Å². The molecule has 2 heterocycles. The Hall–Kier alpha value is -2.78. The first-order chi connectivity index (χ1) is 13.9. The summed E-state index contributed by atoms with van der Waals surface area (Å²) in [6, 6.07) is 11.3. The van der Waals surface area contributed by atoms with E-state index in [-0.39, 0.29) is 11.4 Å². The summed E-state index contributed by atoms with van der Waals surface area (Å²) in [5.74, 6) is -1.44. The molecule has 0 spiro atoms. The fourth-order valence-corrected chi connectivity index (χ4v) is 4.83. The van der Waals surface area contributed by atoms with Crippen molar-refractivity contribution in [1.29, 1.82) is 0 Å². The molecule has 1 aliphatic rings. The number of likely N-dealkylation sites (N-methyl/N-ethyl adjacent to an activating group) is 1. The van der Waals surface area contributed by atoms with E-state index in [9.17, 15) is 18.0 Å². The summed E-state index contributed by atoms with van der Waals surface area (Å²) in [4.78, 5) is 32.5. The molecule has 0 unspecified atom stereocenters. The van der Waals surface area contributed by atoms with Crippen molar-refractivity contribution >= 4 is 21.7 Å². The number of pyridine rings is 1. The van der Waals surface area contributed by atoms with E-state index in [2.05, 4.69) is 15.2 Å². The van der Waals surface area contributed by atoms with Gasteiger partial charge in [-0.15, -0.1) is 0 Å². The van der Waals surface area contributed by atoms with Crippen LogP contribution in [0.4, 0.5) is 0 Å². The van der Waals surface area contributed by atoms with Gasteiger partial charge in [-0.3, -0.25) is 14.6 Å². The SMILES string of the molecule is CN1CCN(C(=O)C(=O)NC[C@H](c2cccnc2)S(=O)(=O)c2ccccc2)CC1. The average Bonchev–Trinajstić information content (AvgIpc) is 2.75. The lowest BCUT2D eigenvalue weighted by Crippen LogP contribution is -2.52. The van der Waals surface area contributed by atoms with Crippen molar-refractivity contribution in [3.63, 3.8) is 0 Å². The smallest absolute Gasteiger partial charge is 0.311 e. The quantitative estimate of drug-likeness (QED) is 0.712. The van der Waals surface area contributed by atoms with Crippen LogP contribution in [0, 0.1) is 0 Å². The number of nitrogens with one attached hydrogen (secondary N) is 1. The highest BCUT2D eigenvalue weighted by Crippen LogP contribution is 2.27. The minimum Gasteiger partial charge on any atom is -0.346 e. The van der Waals surface area contributed by atoms with Crippen LogP contribution in [0.1, 0.15) is 10.8 Å². The zero-order valence-electron chi connectivity index (χ0n) is 16.2. The Kier molecular flexibility index (Phi) is 6.60. The van der Waals surface area contributed by atoms with E-state index < -0.39 is 26.9 Å². The molecule has 0 aliphatic carbocycles. The third-order valence-electron chi connectivity index (χ3n) is 4.94. The number of piperazine rings is 1. The molecule has 1 aromatic carbocycles. The van der Waals surface area contributed by atoms with Crippen LogP contribution >= 0.6 is 0 Å². The summed E-state index contributed by atoms with van der Waals surface area (Å²) in [5.41, 5.74) is 0.448. The molecule has 1 N–H and O–H groups in total. The topological polar surface area (TPSA) is 99.7 Å². The van der Waals surface area contributed by atoms with Gasteiger partial charge in [0, 0.05) is 45.1 Å². The maximum Gasteiger partial charge on any atom is 0.311 e. The van der Waals surface area contributed by atoms with E-state index in [1.807, 2.05) is 7.05 Å². The van der Waals surface area contributed by atoms with Gasteiger partial charge in [-0.1, -0.05) is 24.3 Å². The van der Waals surface area contributed by atoms with Crippen molar-refractivity contribution in [2.24, 2.45) is 0 Å². The fraction of sp³-hybridized carbons (Fsp3) is 0.350. The van der Waals surface area contributed by atoms with Gasteiger partial charge in [0.2, 0.25) is 0 Å². The zero-order valence-corrected chi connectivity index (χ0v) is 17.0. The largest absolute Gasteiger partial charge is 0.346 e. The molecule has 154 valence electrons. The Morgan fingerprint density at radius 3 is 2.38 bits per heavy atom. The van der Waals surface area contributed by atoms with Gasteiger partial charge >= 0.3 is 11.8 Å². The second-order valence-electron chi connectivity index (χ2n) is 6.94. The van der Waals surface area contributed by atoms with Gasteiger partial charge in [-0.05, 0) is 30.8 Å². The van der Waals surface area contributed by atoms with Crippen molar-refractivity contribution in [3.8, 4) is 0 Å². The minimum absolute atomic E-state index is 0.147. The van der Waals surface area contributed by atoms with E-state index in [4.69, 9.17) is 0 Å². The van der Waals surface area contributed by atoms with Crippen molar-refractivity contribution in [1.82, 2.24) is 20.1 Å². The Labute approximate surface area is 170 Å². The van der Waals surface area contributed by atoms with Gasteiger partial charge < -0.3 is 15.1 Å². The van der Waals surface area contributed by atoms with Crippen LogP contribution in [-0.4, -0.2) is 74.8 Å². The molecule has 0 saturated carbocycles. The normalized spacial score (nSPS) is 16.2. The number of benzene rings is 1. The van der Waals surface area contributed by atoms with Crippen molar-refractivity contribution < 1.29 is 18.0 Å². The molecule has 2 aromatic rings. The number of carbonyl (C=O) groups excluding carboxylic acids is 2. The Bertz CT molecular complexity index is 943. The van der Waals surface area contributed by atoms with E-state index in [0.29, 0.717) is 31.7 Å². The average molecular weight is 417 g/mol. The molecule has 1 aliphatic heterocycles. The molecule has 0 bridgehead atoms. The van der Waals surface area contributed by atoms with Crippen LogP contribution < -0.4 is 5.32 Å². The summed E-state index contributed by atoms with van der Waals surface area (Å²) < 4.78 is 26.3. The van der Waals surface area contributed by atoms with E-state index in [1.165, 1.54) is 23.2 Å². The second kappa shape index (κ2) is 9.15. The number of carbonyl (C=O) groups is 2.